The van der Waals surface area contributed by atoms with Gasteiger partial charge in [0.2, 0.25) is 0 Å². The van der Waals surface area contributed by atoms with E-state index in [0.29, 0.717) is 12.2 Å². The first-order valence-corrected chi connectivity index (χ1v) is 7.87. The fraction of sp³-hybridized carbons (Fsp3) is 1.00. The van der Waals surface area contributed by atoms with E-state index in [0.717, 1.165) is 18.2 Å². The number of thiol groups is 1. The molecule has 86 valence electrons. The molecule has 0 rings (SSSR count). The summed E-state index contributed by atoms with van der Waals surface area (Å²) in [5.74, 6) is 0.963. The average molecular weight is 236 g/mol. The summed E-state index contributed by atoms with van der Waals surface area (Å²) in [7, 11) is -1.42. The molecule has 14 heavy (non-hydrogen) atoms. The second kappa shape index (κ2) is 8.77. The zero-order chi connectivity index (χ0) is 11.0. The lowest BCUT2D eigenvalue weighted by molar-refractivity contribution is 0.129. The Hall–Kier alpha value is 0.487. The van der Waals surface area contributed by atoms with E-state index in [9.17, 15) is 0 Å². The molecule has 0 amide bonds. The highest BCUT2D eigenvalue weighted by atomic mass is 32.1. The molecule has 0 bridgehead atoms. The van der Waals surface area contributed by atoms with E-state index in [1.165, 1.54) is 6.42 Å². The number of rotatable bonds is 8. The first-order valence-electron chi connectivity index (χ1n) is 5.48. The van der Waals surface area contributed by atoms with Crippen LogP contribution >= 0.6 is 12.6 Å². The molecule has 0 aromatic heterocycles. The fourth-order valence-electron chi connectivity index (χ4n) is 1.20. The van der Waals surface area contributed by atoms with Crippen molar-refractivity contribution < 1.29 is 8.85 Å². The number of hydrogen-bond acceptors (Lipinski definition) is 3. The Bertz CT molecular complexity index is 121. The van der Waals surface area contributed by atoms with E-state index in [1.54, 1.807) is 0 Å². The van der Waals surface area contributed by atoms with Gasteiger partial charge in [-0.25, -0.2) is 0 Å². The summed E-state index contributed by atoms with van der Waals surface area (Å²) >= 11 is 4.20. The smallest absolute Gasteiger partial charge is 0.321 e. The van der Waals surface area contributed by atoms with Gasteiger partial charge >= 0.3 is 9.28 Å². The molecule has 0 aliphatic carbocycles. The van der Waals surface area contributed by atoms with E-state index in [2.05, 4.69) is 40.3 Å². The first-order chi connectivity index (χ1) is 6.56. The minimum atomic E-state index is -1.42. The van der Waals surface area contributed by atoms with Crippen LogP contribution in [0.25, 0.3) is 0 Å². The predicted octanol–water partition coefficient (Wildman–Crippen LogP) is 2.77. The summed E-state index contributed by atoms with van der Waals surface area (Å²) < 4.78 is 11.6. The van der Waals surface area contributed by atoms with E-state index >= 15 is 0 Å². The van der Waals surface area contributed by atoms with Crippen molar-refractivity contribution in [3.63, 3.8) is 0 Å². The zero-order valence-electron chi connectivity index (χ0n) is 9.82. The van der Waals surface area contributed by atoms with Crippen molar-refractivity contribution in [3.05, 3.63) is 0 Å². The molecule has 2 nitrogen and oxygen atoms in total. The fourth-order valence-corrected chi connectivity index (χ4v) is 3.59. The molecule has 0 aromatic rings. The largest absolute Gasteiger partial charge is 0.394 e. The first kappa shape index (κ1) is 14.5. The van der Waals surface area contributed by atoms with Crippen LogP contribution in [0.3, 0.4) is 0 Å². The van der Waals surface area contributed by atoms with Gasteiger partial charge in [0.25, 0.3) is 0 Å². The summed E-state index contributed by atoms with van der Waals surface area (Å²) in [4.78, 5) is 0. The molecular weight excluding hydrogens is 212 g/mol. The van der Waals surface area contributed by atoms with Crippen LogP contribution in [0.2, 0.25) is 6.04 Å². The molecule has 0 spiro atoms. The summed E-state index contributed by atoms with van der Waals surface area (Å²) in [6.07, 6.45) is 2.93. The van der Waals surface area contributed by atoms with Gasteiger partial charge in [-0.1, -0.05) is 6.42 Å². The third-order valence-corrected chi connectivity index (χ3v) is 4.59. The van der Waals surface area contributed by atoms with Crippen LogP contribution in [-0.4, -0.2) is 27.2 Å². The van der Waals surface area contributed by atoms with Gasteiger partial charge in [0.05, 0.1) is 0 Å². The van der Waals surface area contributed by atoms with Gasteiger partial charge in [-0.05, 0) is 45.9 Å². The molecule has 0 radical (unpaired) electrons. The SMILES string of the molecule is CC(C)O[SiH](CCCCS)OC(C)C. The Morgan fingerprint density at radius 1 is 1.00 bits per heavy atom. The lowest BCUT2D eigenvalue weighted by Crippen LogP contribution is -2.29. The van der Waals surface area contributed by atoms with Crippen LogP contribution in [0.5, 0.6) is 0 Å². The van der Waals surface area contributed by atoms with E-state index in [4.69, 9.17) is 8.85 Å². The van der Waals surface area contributed by atoms with Crippen LogP contribution in [0.1, 0.15) is 40.5 Å². The van der Waals surface area contributed by atoms with Gasteiger partial charge in [0, 0.05) is 12.2 Å². The maximum absolute atomic E-state index is 5.80. The molecule has 0 aromatic carbocycles. The van der Waals surface area contributed by atoms with Crippen molar-refractivity contribution in [2.45, 2.75) is 58.8 Å². The Kier molecular flexibility index (Phi) is 9.07. The molecule has 0 N–H and O–H groups in total. The molecule has 0 aliphatic heterocycles. The lowest BCUT2D eigenvalue weighted by Gasteiger charge is -2.21. The summed E-state index contributed by atoms with van der Waals surface area (Å²) in [6.45, 7) is 8.29. The Morgan fingerprint density at radius 3 is 1.86 bits per heavy atom. The Labute approximate surface area is 95.6 Å². The van der Waals surface area contributed by atoms with Crippen LogP contribution in [-0.2, 0) is 8.85 Å². The Morgan fingerprint density at radius 2 is 1.50 bits per heavy atom. The number of hydrogen-bond donors (Lipinski definition) is 1. The maximum Gasteiger partial charge on any atom is 0.321 e. The van der Waals surface area contributed by atoms with Crippen molar-refractivity contribution in [1.29, 1.82) is 0 Å². The lowest BCUT2D eigenvalue weighted by atomic mass is 10.4. The third kappa shape index (κ3) is 9.06. The Balaban J connectivity index is 3.72. The molecule has 0 heterocycles. The van der Waals surface area contributed by atoms with E-state index < -0.39 is 9.28 Å². The third-order valence-electron chi connectivity index (χ3n) is 1.70. The van der Waals surface area contributed by atoms with Gasteiger partial charge in [-0.2, -0.15) is 12.6 Å². The van der Waals surface area contributed by atoms with E-state index in [-0.39, 0.29) is 0 Å². The van der Waals surface area contributed by atoms with E-state index in [1.807, 2.05) is 0 Å². The highest BCUT2D eigenvalue weighted by Crippen LogP contribution is 2.09. The van der Waals surface area contributed by atoms with Crippen LogP contribution < -0.4 is 0 Å². The van der Waals surface area contributed by atoms with Crippen LogP contribution in [0.4, 0.5) is 0 Å². The topological polar surface area (TPSA) is 18.5 Å². The summed E-state index contributed by atoms with van der Waals surface area (Å²) in [6, 6.07) is 1.11. The minimum Gasteiger partial charge on any atom is -0.394 e. The standard InChI is InChI=1S/C10H24O2SSi/c1-9(2)11-14(12-10(3)4)8-6-5-7-13/h9-10,13-14H,5-8H2,1-4H3. The molecule has 4 heteroatoms. The molecule has 0 aliphatic rings. The van der Waals surface area contributed by atoms with Gasteiger partial charge in [0.1, 0.15) is 0 Å². The van der Waals surface area contributed by atoms with Crippen LogP contribution in [0.15, 0.2) is 0 Å². The molecule has 0 unspecified atom stereocenters. The van der Waals surface area contributed by atoms with Crippen LogP contribution in [0, 0.1) is 0 Å². The van der Waals surface area contributed by atoms with Gasteiger partial charge in [0.15, 0.2) is 0 Å². The van der Waals surface area contributed by atoms with Gasteiger partial charge in [-0.3, -0.25) is 0 Å². The number of unbranched alkanes of at least 4 members (excludes halogenated alkanes) is 1. The summed E-state index contributed by atoms with van der Waals surface area (Å²) in [5.41, 5.74) is 0. The van der Waals surface area contributed by atoms with Gasteiger partial charge < -0.3 is 8.85 Å². The summed E-state index contributed by atoms with van der Waals surface area (Å²) in [5, 5.41) is 0. The quantitative estimate of drug-likeness (QED) is 0.397. The molecule has 0 atom stereocenters. The predicted molar refractivity (Wildman–Crippen MR) is 67.5 cm³/mol. The highest BCUT2D eigenvalue weighted by Gasteiger charge is 2.16. The molecular formula is C10H24O2SSi. The zero-order valence-corrected chi connectivity index (χ0v) is 11.9. The second-order valence-corrected chi connectivity index (χ2v) is 6.45. The van der Waals surface area contributed by atoms with Crippen molar-refractivity contribution in [1.82, 2.24) is 0 Å². The normalized spacial score (nSPS) is 12.0. The highest BCUT2D eigenvalue weighted by molar-refractivity contribution is 7.80. The van der Waals surface area contributed by atoms with Gasteiger partial charge in [-0.15, -0.1) is 0 Å². The van der Waals surface area contributed by atoms with Crippen molar-refractivity contribution in [2.24, 2.45) is 0 Å². The average Bonchev–Trinajstić information content (AvgIpc) is 2.02. The minimum absolute atomic E-state index is 0.293. The molecule has 0 saturated heterocycles. The van der Waals surface area contributed by atoms with Crippen molar-refractivity contribution >= 4 is 21.9 Å². The second-order valence-electron chi connectivity index (χ2n) is 4.02. The molecule has 0 fully saturated rings. The van der Waals surface area contributed by atoms with Crippen molar-refractivity contribution in [2.75, 3.05) is 5.75 Å². The molecule has 0 saturated carbocycles. The maximum atomic E-state index is 5.80. The monoisotopic (exact) mass is 236 g/mol. The van der Waals surface area contributed by atoms with Crippen molar-refractivity contribution in [3.8, 4) is 0 Å².